The van der Waals surface area contributed by atoms with E-state index in [0.717, 1.165) is 36.5 Å². The van der Waals surface area contributed by atoms with Crippen molar-refractivity contribution in [1.29, 1.82) is 0 Å². The van der Waals surface area contributed by atoms with E-state index in [2.05, 4.69) is 75.4 Å². The van der Waals surface area contributed by atoms with Gasteiger partial charge in [-0.05, 0) is 98.4 Å². The molecule has 166 valence electrons. The predicted molar refractivity (Wildman–Crippen MR) is 130 cm³/mol. The first-order chi connectivity index (χ1) is 14.9. The number of aliphatic hydroxyl groups excluding tert-OH is 1. The summed E-state index contributed by atoms with van der Waals surface area (Å²) in [6.45, 7) is 7.54. The van der Waals surface area contributed by atoms with Crippen LogP contribution in [0.2, 0.25) is 0 Å². The second-order valence-electron chi connectivity index (χ2n) is 11.5. The molecular weight excluding hydrogens is 376 g/mol. The van der Waals surface area contributed by atoms with Crippen LogP contribution in [0.3, 0.4) is 0 Å². The highest BCUT2D eigenvalue weighted by atomic mass is 16.3. The largest absolute Gasteiger partial charge is 0.393 e. The SMILES string of the molecule is C/C(=C\C=C/c1ccccc1)[C@H]1CC[C@H]2[C@@H]3CC=C4C[C@@H](O)CC[C@]4(C)[C@H]3CC[C@]12C. The lowest BCUT2D eigenvalue weighted by molar-refractivity contribution is -0.0454. The molecule has 0 saturated heterocycles. The molecule has 0 amide bonds. The van der Waals surface area contributed by atoms with Gasteiger partial charge in [0, 0.05) is 0 Å². The number of hydrogen-bond donors (Lipinski definition) is 1. The van der Waals surface area contributed by atoms with Crippen molar-refractivity contribution < 1.29 is 5.11 Å². The van der Waals surface area contributed by atoms with Crippen LogP contribution in [-0.4, -0.2) is 11.2 Å². The maximum absolute atomic E-state index is 10.2. The lowest BCUT2D eigenvalue weighted by Gasteiger charge is -2.58. The zero-order valence-corrected chi connectivity index (χ0v) is 19.7. The summed E-state index contributed by atoms with van der Waals surface area (Å²) < 4.78 is 0. The molecule has 3 fully saturated rings. The topological polar surface area (TPSA) is 20.2 Å². The van der Waals surface area contributed by atoms with Crippen molar-refractivity contribution >= 4 is 6.08 Å². The normalized spacial score (nSPS) is 42.6. The molecule has 0 unspecified atom stereocenters. The van der Waals surface area contributed by atoms with E-state index in [1.54, 1.807) is 11.1 Å². The minimum atomic E-state index is -0.0997. The van der Waals surface area contributed by atoms with Gasteiger partial charge in [0.05, 0.1) is 6.10 Å². The third-order valence-corrected chi connectivity index (χ3v) is 10.1. The van der Waals surface area contributed by atoms with E-state index in [1.165, 1.54) is 44.1 Å². The summed E-state index contributed by atoms with van der Waals surface area (Å²) in [4.78, 5) is 0. The first-order valence-electron chi connectivity index (χ1n) is 12.7. The lowest BCUT2D eigenvalue weighted by Crippen LogP contribution is -2.50. The quantitative estimate of drug-likeness (QED) is 0.397. The van der Waals surface area contributed by atoms with Crippen LogP contribution < -0.4 is 0 Å². The second-order valence-corrected chi connectivity index (χ2v) is 11.5. The summed E-state index contributed by atoms with van der Waals surface area (Å²) in [6, 6.07) is 10.6. The summed E-state index contributed by atoms with van der Waals surface area (Å²) in [5, 5.41) is 10.2. The predicted octanol–water partition coefficient (Wildman–Crippen LogP) is 7.59. The number of allylic oxidation sites excluding steroid dienone is 4. The Morgan fingerprint density at radius 2 is 1.81 bits per heavy atom. The van der Waals surface area contributed by atoms with Crippen molar-refractivity contribution in [2.75, 3.05) is 0 Å². The molecule has 7 atom stereocenters. The number of aliphatic hydroxyl groups is 1. The van der Waals surface area contributed by atoms with Gasteiger partial charge < -0.3 is 5.11 Å². The Morgan fingerprint density at radius 3 is 2.61 bits per heavy atom. The number of rotatable bonds is 3. The van der Waals surface area contributed by atoms with E-state index in [0.29, 0.717) is 10.8 Å². The standard InChI is InChI=1S/C30H40O/c1-21(8-7-11-22-9-5-4-6-10-22)26-14-15-27-25-13-12-23-20-24(31)16-18-29(23,2)28(25)17-19-30(26,27)3/h4-12,24-28,31H,13-20H2,1-3H3/b11-7-,21-8+/t24-,25-,26+,27-,28-,29-,30+/m0/s1. The molecule has 0 spiro atoms. The molecule has 31 heavy (non-hydrogen) atoms. The Kier molecular flexibility index (Phi) is 5.53. The third kappa shape index (κ3) is 3.58. The maximum atomic E-state index is 10.2. The van der Waals surface area contributed by atoms with Crippen molar-refractivity contribution in [2.45, 2.75) is 78.2 Å². The molecule has 0 bridgehead atoms. The third-order valence-electron chi connectivity index (χ3n) is 10.1. The van der Waals surface area contributed by atoms with Crippen molar-refractivity contribution in [3.63, 3.8) is 0 Å². The van der Waals surface area contributed by atoms with Gasteiger partial charge >= 0.3 is 0 Å². The van der Waals surface area contributed by atoms with Gasteiger partial charge in [-0.3, -0.25) is 0 Å². The summed E-state index contributed by atoms with van der Waals surface area (Å²) >= 11 is 0. The smallest absolute Gasteiger partial charge is 0.0577 e. The average molecular weight is 417 g/mol. The fourth-order valence-corrected chi connectivity index (χ4v) is 8.38. The van der Waals surface area contributed by atoms with Gasteiger partial charge in [0.25, 0.3) is 0 Å². The highest BCUT2D eigenvalue weighted by molar-refractivity contribution is 5.51. The van der Waals surface area contributed by atoms with E-state index >= 15 is 0 Å². The van der Waals surface area contributed by atoms with Crippen LogP contribution in [0.4, 0.5) is 0 Å². The van der Waals surface area contributed by atoms with Crippen LogP contribution >= 0.6 is 0 Å². The summed E-state index contributed by atoms with van der Waals surface area (Å²) in [5.74, 6) is 3.27. The Hall–Kier alpha value is -1.60. The monoisotopic (exact) mass is 416 g/mol. The molecule has 4 aliphatic rings. The maximum Gasteiger partial charge on any atom is 0.0577 e. The summed E-state index contributed by atoms with van der Waals surface area (Å²) in [5.41, 5.74) is 5.25. The lowest BCUT2D eigenvalue weighted by atomic mass is 9.47. The fraction of sp³-hybridized carbons (Fsp3) is 0.600. The Bertz CT molecular complexity index is 892. The molecule has 4 aliphatic carbocycles. The Balaban J connectivity index is 1.35. The number of hydrogen-bond acceptors (Lipinski definition) is 1. The van der Waals surface area contributed by atoms with Crippen LogP contribution in [-0.2, 0) is 0 Å². The molecule has 5 rings (SSSR count). The highest BCUT2D eigenvalue weighted by Gasteiger charge is 2.58. The van der Waals surface area contributed by atoms with Gasteiger partial charge in [0.2, 0.25) is 0 Å². The van der Waals surface area contributed by atoms with E-state index in [1.807, 2.05) is 0 Å². The average Bonchev–Trinajstić information content (AvgIpc) is 3.12. The second kappa shape index (κ2) is 8.07. The van der Waals surface area contributed by atoms with E-state index in [-0.39, 0.29) is 6.10 Å². The minimum Gasteiger partial charge on any atom is -0.393 e. The highest BCUT2D eigenvalue weighted by Crippen LogP contribution is 2.67. The zero-order valence-electron chi connectivity index (χ0n) is 19.7. The molecule has 1 aromatic carbocycles. The fourth-order valence-electron chi connectivity index (χ4n) is 8.38. The molecule has 1 heteroatoms. The molecule has 1 N–H and O–H groups in total. The molecule has 3 saturated carbocycles. The Morgan fingerprint density at radius 1 is 1.00 bits per heavy atom. The first-order valence-corrected chi connectivity index (χ1v) is 12.7. The molecule has 1 nitrogen and oxygen atoms in total. The summed E-state index contributed by atoms with van der Waals surface area (Å²) in [6.07, 6.45) is 19.2. The molecule has 1 aromatic rings. The van der Waals surface area contributed by atoms with Crippen LogP contribution in [0, 0.1) is 34.5 Å². The van der Waals surface area contributed by atoms with Gasteiger partial charge in [-0.1, -0.05) is 79.6 Å². The van der Waals surface area contributed by atoms with Gasteiger partial charge in [-0.2, -0.15) is 0 Å². The zero-order chi connectivity index (χ0) is 21.6. The van der Waals surface area contributed by atoms with E-state index < -0.39 is 0 Å². The van der Waals surface area contributed by atoms with Gasteiger partial charge in [-0.15, -0.1) is 0 Å². The van der Waals surface area contributed by atoms with Crippen LogP contribution in [0.5, 0.6) is 0 Å². The van der Waals surface area contributed by atoms with Gasteiger partial charge in [-0.25, -0.2) is 0 Å². The van der Waals surface area contributed by atoms with Crippen molar-refractivity contribution in [3.8, 4) is 0 Å². The number of benzene rings is 1. The first kappa shape index (κ1) is 21.3. The van der Waals surface area contributed by atoms with Crippen LogP contribution in [0.25, 0.3) is 6.08 Å². The number of fused-ring (bicyclic) bond motifs is 5. The van der Waals surface area contributed by atoms with Crippen molar-refractivity contribution in [1.82, 2.24) is 0 Å². The van der Waals surface area contributed by atoms with Crippen molar-refractivity contribution in [2.24, 2.45) is 34.5 Å². The van der Waals surface area contributed by atoms with Gasteiger partial charge in [0.15, 0.2) is 0 Å². The molecule has 0 radical (unpaired) electrons. The molecule has 0 aromatic heterocycles. The van der Waals surface area contributed by atoms with Crippen LogP contribution in [0.1, 0.15) is 77.7 Å². The molecular formula is C30H40O. The molecule has 0 aliphatic heterocycles. The Labute approximate surface area is 189 Å². The summed E-state index contributed by atoms with van der Waals surface area (Å²) in [7, 11) is 0. The minimum absolute atomic E-state index is 0.0997. The van der Waals surface area contributed by atoms with E-state index in [9.17, 15) is 5.11 Å². The van der Waals surface area contributed by atoms with E-state index in [4.69, 9.17) is 0 Å². The van der Waals surface area contributed by atoms with Gasteiger partial charge in [0.1, 0.15) is 0 Å². The van der Waals surface area contributed by atoms with Crippen molar-refractivity contribution in [3.05, 3.63) is 65.3 Å². The van der Waals surface area contributed by atoms with Crippen LogP contribution in [0.15, 0.2) is 59.7 Å². The molecule has 0 heterocycles.